The zero-order chi connectivity index (χ0) is 18.5. The third-order valence-electron chi connectivity index (χ3n) is 4.33. The smallest absolute Gasteiger partial charge is 0.315 e. The van der Waals surface area contributed by atoms with Gasteiger partial charge in [-0.1, -0.05) is 12.1 Å². The topological polar surface area (TPSA) is 68.8 Å². The van der Waals surface area contributed by atoms with Crippen LogP contribution in [0.25, 0.3) is 0 Å². The van der Waals surface area contributed by atoms with Gasteiger partial charge in [0.2, 0.25) is 6.79 Å². The fraction of sp³-hybridized carbons (Fsp3) is 0.350. The lowest BCUT2D eigenvalue weighted by Gasteiger charge is -2.12. The van der Waals surface area contributed by atoms with E-state index in [4.69, 9.17) is 14.2 Å². The number of carbonyl (C=O) groups is 1. The molecular formula is C20H24N2O4. The summed E-state index contributed by atoms with van der Waals surface area (Å²) in [6.07, 6.45) is 0. The summed E-state index contributed by atoms with van der Waals surface area (Å²) in [5, 5.41) is 5.60. The third kappa shape index (κ3) is 4.39. The summed E-state index contributed by atoms with van der Waals surface area (Å²) in [4.78, 5) is 11.9. The molecule has 0 saturated carbocycles. The summed E-state index contributed by atoms with van der Waals surface area (Å²) in [7, 11) is 0. The van der Waals surface area contributed by atoms with Gasteiger partial charge in [0.1, 0.15) is 12.4 Å². The van der Waals surface area contributed by atoms with Gasteiger partial charge in [-0.2, -0.15) is 0 Å². The fourth-order valence-corrected chi connectivity index (χ4v) is 2.71. The Morgan fingerprint density at radius 2 is 1.77 bits per heavy atom. The van der Waals surface area contributed by atoms with E-state index in [9.17, 15) is 4.79 Å². The summed E-state index contributed by atoms with van der Waals surface area (Å²) < 4.78 is 16.4. The summed E-state index contributed by atoms with van der Waals surface area (Å²) in [5.74, 6) is 2.30. The normalized spacial score (nSPS) is 12.0. The summed E-state index contributed by atoms with van der Waals surface area (Å²) in [6, 6.07) is 9.52. The number of urea groups is 1. The molecule has 138 valence electrons. The Balaban J connectivity index is 1.39. The minimum atomic E-state index is -0.233. The van der Waals surface area contributed by atoms with Crippen molar-refractivity contribution in [3.05, 3.63) is 52.6 Å². The molecule has 0 spiro atoms. The molecule has 0 radical (unpaired) electrons. The maximum atomic E-state index is 11.9. The van der Waals surface area contributed by atoms with Crippen molar-refractivity contribution in [3.8, 4) is 17.2 Å². The zero-order valence-electron chi connectivity index (χ0n) is 15.3. The van der Waals surface area contributed by atoms with Gasteiger partial charge >= 0.3 is 6.03 Å². The molecule has 1 heterocycles. The minimum absolute atomic E-state index is 0.233. The highest BCUT2D eigenvalue weighted by Gasteiger charge is 2.13. The van der Waals surface area contributed by atoms with Crippen molar-refractivity contribution >= 4 is 6.03 Å². The lowest BCUT2D eigenvalue weighted by Crippen LogP contribution is -2.37. The molecule has 0 aromatic heterocycles. The zero-order valence-corrected chi connectivity index (χ0v) is 15.3. The van der Waals surface area contributed by atoms with Gasteiger partial charge in [0.15, 0.2) is 11.5 Å². The molecule has 2 aromatic rings. The first kappa shape index (κ1) is 17.9. The van der Waals surface area contributed by atoms with Crippen LogP contribution in [-0.4, -0.2) is 26.0 Å². The SMILES string of the molecule is Cc1cc(C)c(OCCNC(=O)NCc2ccc3c(c2)OCO3)cc1C. The largest absolute Gasteiger partial charge is 0.491 e. The van der Waals surface area contributed by atoms with Crippen molar-refractivity contribution in [3.63, 3.8) is 0 Å². The van der Waals surface area contributed by atoms with Crippen LogP contribution in [0.4, 0.5) is 4.79 Å². The first-order chi connectivity index (χ1) is 12.5. The van der Waals surface area contributed by atoms with Crippen LogP contribution in [-0.2, 0) is 6.54 Å². The van der Waals surface area contributed by atoms with E-state index in [1.54, 1.807) is 0 Å². The average Bonchev–Trinajstić information content (AvgIpc) is 3.08. The predicted molar refractivity (Wildman–Crippen MR) is 99.0 cm³/mol. The Morgan fingerprint density at radius 1 is 1.00 bits per heavy atom. The molecule has 0 bridgehead atoms. The highest BCUT2D eigenvalue weighted by Crippen LogP contribution is 2.32. The van der Waals surface area contributed by atoms with Crippen molar-refractivity contribution in [1.82, 2.24) is 10.6 Å². The number of ether oxygens (including phenoxy) is 3. The Morgan fingerprint density at radius 3 is 2.62 bits per heavy atom. The lowest BCUT2D eigenvalue weighted by molar-refractivity contribution is 0.174. The molecule has 0 saturated heterocycles. The van der Waals surface area contributed by atoms with Gasteiger partial charge in [0.05, 0.1) is 6.54 Å². The number of amides is 2. The van der Waals surface area contributed by atoms with Gasteiger partial charge in [-0.25, -0.2) is 4.79 Å². The molecule has 2 aromatic carbocycles. The fourth-order valence-electron chi connectivity index (χ4n) is 2.71. The monoisotopic (exact) mass is 356 g/mol. The molecule has 0 aliphatic carbocycles. The molecule has 1 aliphatic rings. The van der Waals surface area contributed by atoms with Crippen LogP contribution in [0.1, 0.15) is 22.3 Å². The Hall–Kier alpha value is -2.89. The van der Waals surface area contributed by atoms with Gasteiger partial charge in [0, 0.05) is 6.54 Å². The molecule has 0 fully saturated rings. The first-order valence-electron chi connectivity index (χ1n) is 8.64. The Bertz CT molecular complexity index is 805. The van der Waals surface area contributed by atoms with Crippen LogP contribution in [0.2, 0.25) is 0 Å². The molecule has 1 aliphatic heterocycles. The van der Waals surface area contributed by atoms with Crippen LogP contribution in [0.5, 0.6) is 17.2 Å². The lowest BCUT2D eigenvalue weighted by atomic mass is 10.1. The third-order valence-corrected chi connectivity index (χ3v) is 4.33. The minimum Gasteiger partial charge on any atom is -0.491 e. The van der Waals surface area contributed by atoms with Gasteiger partial charge in [0.25, 0.3) is 0 Å². The molecule has 6 heteroatoms. The average molecular weight is 356 g/mol. The van der Waals surface area contributed by atoms with E-state index < -0.39 is 0 Å². The summed E-state index contributed by atoms with van der Waals surface area (Å²) in [5.41, 5.74) is 4.49. The van der Waals surface area contributed by atoms with E-state index >= 15 is 0 Å². The number of nitrogens with one attached hydrogen (secondary N) is 2. The number of benzene rings is 2. The van der Waals surface area contributed by atoms with E-state index in [0.29, 0.717) is 25.4 Å². The Labute approximate surface area is 153 Å². The highest BCUT2D eigenvalue weighted by molar-refractivity contribution is 5.73. The molecule has 2 amide bonds. The number of rotatable bonds is 6. The van der Waals surface area contributed by atoms with Gasteiger partial charge < -0.3 is 24.8 Å². The quantitative estimate of drug-likeness (QED) is 0.780. The van der Waals surface area contributed by atoms with Crippen molar-refractivity contribution in [2.75, 3.05) is 19.9 Å². The summed E-state index contributed by atoms with van der Waals surface area (Å²) in [6.45, 7) is 7.67. The van der Waals surface area contributed by atoms with Crippen molar-refractivity contribution in [2.24, 2.45) is 0 Å². The van der Waals surface area contributed by atoms with Crippen LogP contribution < -0.4 is 24.8 Å². The van der Waals surface area contributed by atoms with E-state index in [1.165, 1.54) is 11.1 Å². The van der Waals surface area contributed by atoms with Crippen LogP contribution >= 0.6 is 0 Å². The van der Waals surface area contributed by atoms with Gasteiger partial charge in [-0.05, 0) is 61.2 Å². The molecular weight excluding hydrogens is 332 g/mol. The van der Waals surface area contributed by atoms with Crippen molar-refractivity contribution < 1.29 is 19.0 Å². The molecule has 2 N–H and O–H groups in total. The van der Waals surface area contributed by atoms with Crippen molar-refractivity contribution in [2.45, 2.75) is 27.3 Å². The van der Waals surface area contributed by atoms with Gasteiger partial charge in [-0.3, -0.25) is 0 Å². The number of aryl methyl sites for hydroxylation is 3. The molecule has 3 rings (SSSR count). The van der Waals surface area contributed by atoms with E-state index in [-0.39, 0.29) is 12.8 Å². The summed E-state index contributed by atoms with van der Waals surface area (Å²) >= 11 is 0. The van der Waals surface area contributed by atoms with Crippen molar-refractivity contribution in [1.29, 1.82) is 0 Å². The maximum absolute atomic E-state index is 11.9. The first-order valence-corrected chi connectivity index (χ1v) is 8.64. The predicted octanol–water partition coefficient (Wildman–Crippen LogP) is 3.22. The molecule has 0 atom stereocenters. The highest BCUT2D eigenvalue weighted by atomic mass is 16.7. The second-order valence-corrected chi connectivity index (χ2v) is 6.35. The standard InChI is InChI=1S/C20H24N2O4/c1-13-8-15(3)18(9-14(13)2)24-7-6-21-20(23)22-11-16-4-5-17-19(10-16)26-12-25-17/h4-5,8-10H,6-7,11-12H2,1-3H3,(H2,21,22,23). The Kier molecular flexibility index (Phi) is 5.51. The van der Waals surface area contributed by atoms with Crippen LogP contribution in [0.3, 0.4) is 0 Å². The maximum Gasteiger partial charge on any atom is 0.315 e. The van der Waals surface area contributed by atoms with Gasteiger partial charge in [-0.15, -0.1) is 0 Å². The second kappa shape index (κ2) is 7.99. The van der Waals surface area contributed by atoms with E-state index in [0.717, 1.165) is 22.6 Å². The second-order valence-electron chi connectivity index (χ2n) is 6.35. The molecule has 0 unspecified atom stereocenters. The molecule has 6 nitrogen and oxygen atoms in total. The number of hydrogen-bond donors (Lipinski definition) is 2. The van der Waals surface area contributed by atoms with Crippen LogP contribution in [0.15, 0.2) is 30.3 Å². The van der Waals surface area contributed by atoms with E-state index in [2.05, 4.69) is 30.5 Å². The number of carbonyl (C=O) groups excluding carboxylic acids is 1. The van der Waals surface area contributed by atoms with Crippen LogP contribution in [0, 0.1) is 20.8 Å². The number of fused-ring (bicyclic) bond motifs is 1. The number of hydrogen-bond acceptors (Lipinski definition) is 4. The molecule has 26 heavy (non-hydrogen) atoms. The van der Waals surface area contributed by atoms with E-state index in [1.807, 2.05) is 31.2 Å².